The van der Waals surface area contributed by atoms with Gasteiger partial charge in [-0.15, -0.1) is 0 Å². The van der Waals surface area contributed by atoms with Crippen molar-refractivity contribution in [2.24, 2.45) is 5.92 Å². The Kier molecular flexibility index (Phi) is 3.99. The van der Waals surface area contributed by atoms with Crippen molar-refractivity contribution in [3.63, 3.8) is 0 Å². The molecule has 0 N–H and O–H groups in total. The minimum atomic E-state index is -0.524. The summed E-state index contributed by atoms with van der Waals surface area (Å²) in [5, 5.41) is 10.7. The molecule has 0 atom stereocenters. The van der Waals surface area contributed by atoms with E-state index in [1.165, 1.54) is 18.2 Å². The molecule has 86 valence electrons. The number of hydrogen-bond donors (Lipinski definition) is 0. The van der Waals surface area contributed by atoms with Gasteiger partial charge in [0.15, 0.2) is 5.75 Å². The summed E-state index contributed by atoms with van der Waals surface area (Å²) in [6.45, 7) is 4.26. The van der Waals surface area contributed by atoms with Gasteiger partial charge >= 0.3 is 5.69 Å². The summed E-state index contributed by atoms with van der Waals surface area (Å²) in [6.07, 6.45) is 0.631. The van der Waals surface area contributed by atoms with Crippen LogP contribution < -0.4 is 4.74 Å². The number of benzene rings is 1. The monoisotopic (exact) mass is 223 g/mol. The van der Waals surface area contributed by atoms with Gasteiger partial charge in [0.05, 0.1) is 11.5 Å². The highest BCUT2D eigenvalue weighted by atomic mass is 16.6. The number of nitrogens with zero attached hydrogens (tertiary/aromatic N) is 1. The predicted octanol–water partition coefficient (Wildman–Crippen LogP) is 2.44. The third-order valence-corrected chi connectivity index (χ3v) is 1.89. The normalized spacial score (nSPS) is 10.2. The Morgan fingerprint density at radius 2 is 2.19 bits per heavy atom. The van der Waals surface area contributed by atoms with Crippen LogP contribution in [0.4, 0.5) is 5.69 Å². The summed E-state index contributed by atoms with van der Waals surface area (Å²) in [6, 6.07) is 4.06. The molecule has 0 aromatic heterocycles. The van der Waals surface area contributed by atoms with Gasteiger partial charge in [-0.05, 0) is 18.1 Å². The molecule has 0 bridgehead atoms. The van der Waals surface area contributed by atoms with Crippen molar-refractivity contribution in [2.45, 2.75) is 13.8 Å². The van der Waals surface area contributed by atoms with E-state index in [-0.39, 0.29) is 17.4 Å². The van der Waals surface area contributed by atoms with E-state index in [1.54, 1.807) is 0 Å². The van der Waals surface area contributed by atoms with Crippen LogP contribution in [0, 0.1) is 16.0 Å². The first kappa shape index (κ1) is 12.2. The third kappa shape index (κ3) is 3.05. The Hall–Kier alpha value is -1.91. The Morgan fingerprint density at radius 1 is 1.50 bits per heavy atom. The van der Waals surface area contributed by atoms with E-state index in [0.29, 0.717) is 18.5 Å². The van der Waals surface area contributed by atoms with Crippen molar-refractivity contribution in [1.82, 2.24) is 0 Å². The van der Waals surface area contributed by atoms with Crippen LogP contribution in [0.3, 0.4) is 0 Å². The van der Waals surface area contributed by atoms with Gasteiger partial charge in [-0.3, -0.25) is 14.9 Å². The lowest BCUT2D eigenvalue weighted by Gasteiger charge is -2.09. The topological polar surface area (TPSA) is 69.4 Å². The number of carbonyl (C=O) groups excluding carboxylic acids is 1. The van der Waals surface area contributed by atoms with Gasteiger partial charge in [0, 0.05) is 11.6 Å². The average molecular weight is 223 g/mol. The molecule has 0 saturated carbocycles. The number of aldehydes is 1. The van der Waals surface area contributed by atoms with E-state index >= 15 is 0 Å². The van der Waals surface area contributed by atoms with E-state index in [4.69, 9.17) is 4.74 Å². The molecule has 0 radical (unpaired) electrons. The lowest BCUT2D eigenvalue weighted by atomic mass is 10.2. The fraction of sp³-hybridized carbons (Fsp3) is 0.364. The summed E-state index contributed by atoms with van der Waals surface area (Å²) in [5.74, 6) is 0.405. The molecular weight excluding hydrogens is 210 g/mol. The van der Waals surface area contributed by atoms with Gasteiger partial charge < -0.3 is 4.74 Å². The van der Waals surface area contributed by atoms with E-state index in [1.807, 2.05) is 13.8 Å². The molecule has 0 unspecified atom stereocenters. The second-order valence-electron chi connectivity index (χ2n) is 3.81. The first-order chi connectivity index (χ1) is 7.54. The smallest absolute Gasteiger partial charge is 0.310 e. The van der Waals surface area contributed by atoms with Gasteiger partial charge in [0.1, 0.15) is 6.29 Å². The Labute approximate surface area is 93.2 Å². The summed E-state index contributed by atoms with van der Waals surface area (Å²) in [7, 11) is 0. The SMILES string of the molecule is CC(C)COc1cc(C=O)ccc1[N+](=O)[O-]. The predicted molar refractivity (Wildman–Crippen MR) is 58.8 cm³/mol. The molecule has 0 aliphatic heterocycles. The fourth-order valence-corrected chi connectivity index (χ4v) is 1.13. The number of carbonyl (C=O) groups is 1. The third-order valence-electron chi connectivity index (χ3n) is 1.89. The highest BCUT2D eigenvalue weighted by molar-refractivity contribution is 5.76. The minimum absolute atomic E-state index is 0.119. The Balaban J connectivity index is 3.00. The number of nitro groups is 1. The molecule has 1 rings (SSSR count). The van der Waals surface area contributed by atoms with Gasteiger partial charge in [-0.1, -0.05) is 13.8 Å². The lowest BCUT2D eigenvalue weighted by Crippen LogP contribution is -2.06. The molecule has 0 fully saturated rings. The van der Waals surface area contributed by atoms with Crippen LogP contribution in [0.1, 0.15) is 24.2 Å². The molecule has 0 amide bonds. The molecule has 0 aliphatic carbocycles. The van der Waals surface area contributed by atoms with Crippen molar-refractivity contribution in [3.8, 4) is 5.75 Å². The maximum Gasteiger partial charge on any atom is 0.310 e. The van der Waals surface area contributed by atoms with E-state index in [0.717, 1.165) is 0 Å². The number of rotatable bonds is 5. The maximum atomic E-state index is 10.7. The van der Waals surface area contributed by atoms with Crippen molar-refractivity contribution < 1.29 is 14.5 Å². The van der Waals surface area contributed by atoms with Crippen LogP contribution >= 0.6 is 0 Å². The minimum Gasteiger partial charge on any atom is -0.487 e. The summed E-state index contributed by atoms with van der Waals surface area (Å²) >= 11 is 0. The van der Waals surface area contributed by atoms with Crippen LogP contribution in [0.5, 0.6) is 5.75 Å². The van der Waals surface area contributed by atoms with Crippen LogP contribution in [0.2, 0.25) is 0 Å². The molecule has 1 aromatic rings. The lowest BCUT2D eigenvalue weighted by molar-refractivity contribution is -0.385. The summed E-state index contributed by atoms with van der Waals surface area (Å²) in [5.41, 5.74) is 0.246. The van der Waals surface area contributed by atoms with Crippen molar-refractivity contribution in [3.05, 3.63) is 33.9 Å². The highest BCUT2D eigenvalue weighted by Crippen LogP contribution is 2.27. The first-order valence-corrected chi connectivity index (χ1v) is 4.91. The van der Waals surface area contributed by atoms with Gasteiger partial charge in [-0.2, -0.15) is 0 Å². The standard InChI is InChI=1S/C11H13NO4/c1-8(2)7-16-11-5-9(6-13)3-4-10(11)12(14)15/h3-6,8H,7H2,1-2H3. The highest BCUT2D eigenvalue weighted by Gasteiger charge is 2.15. The number of ether oxygens (including phenoxy) is 1. The molecule has 0 saturated heterocycles. The van der Waals surface area contributed by atoms with E-state index in [9.17, 15) is 14.9 Å². The largest absolute Gasteiger partial charge is 0.487 e. The molecule has 0 aliphatic rings. The molecule has 5 heteroatoms. The fourth-order valence-electron chi connectivity index (χ4n) is 1.13. The zero-order valence-electron chi connectivity index (χ0n) is 9.17. The van der Waals surface area contributed by atoms with Crippen LogP contribution in [0.25, 0.3) is 0 Å². The van der Waals surface area contributed by atoms with Crippen LogP contribution in [-0.2, 0) is 0 Å². The first-order valence-electron chi connectivity index (χ1n) is 4.91. The van der Waals surface area contributed by atoms with Gasteiger partial charge in [-0.25, -0.2) is 0 Å². The maximum absolute atomic E-state index is 10.7. The van der Waals surface area contributed by atoms with Gasteiger partial charge in [0.2, 0.25) is 0 Å². The Morgan fingerprint density at radius 3 is 2.69 bits per heavy atom. The molecule has 5 nitrogen and oxygen atoms in total. The molecule has 1 aromatic carbocycles. The van der Waals surface area contributed by atoms with Crippen molar-refractivity contribution >= 4 is 12.0 Å². The second-order valence-corrected chi connectivity index (χ2v) is 3.81. The van der Waals surface area contributed by atoms with E-state index < -0.39 is 4.92 Å². The zero-order chi connectivity index (χ0) is 12.1. The second kappa shape index (κ2) is 5.25. The van der Waals surface area contributed by atoms with Crippen LogP contribution in [-0.4, -0.2) is 17.8 Å². The van der Waals surface area contributed by atoms with Crippen molar-refractivity contribution in [1.29, 1.82) is 0 Å². The summed E-state index contributed by atoms with van der Waals surface area (Å²) < 4.78 is 5.30. The molecule has 16 heavy (non-hydrogen) atoms. The van der Waals surface area contributed by atoms with E-state index in [2.05, 4.69) is 0 Å². The molecule has 0 heterocycles. The average Bonchev–Trinajstić information content (AvgIpc) is 2.25. The van der Waals surface area contributed by atoms with Crippen molar-refractivity contribution in [2.75, 3.05) is 6.61 Å². The summed E-state index contributed by atoms with van der Waals surface area (Å²) in [4.78, 5) is 20.7. The van der Waals surface area contributed by atoms with Crippen LogP contribution in [0.15, 0.2) is 18.2 Å². The molecule has 0 spiro atoms. The number of nitro benzene ring substituents is 1. The zero-order valence-corrected chi connectivity index (χ0v) is 9.17. The quantitative estimate of drug-likeness (QED) is 0.436. The Bertz CT molecular complexity index is 401. The van der Waals surface area contributed by atoms with Gasteiger partial charge in [0.25, 0.3) is 0 Å². The molecular formula is C11H13NO4. The number of hydrogen-bond acceptors (Lipinski definition) is 4.